The van der Waals surface area contributed by atoms with Crippen LogP contribution in [0.15, 0.2) is 30.3 Å². The average Bonchev–Trinajstić information content (AvgIpc) is 2.37. The first kappa shape index (κ1) is 14.2. The van der Waals surface area contributed by atoms with Crippen LogP contribution in [0, 0.1) is 0 Å². The molecular weight excluding hydrogens is 232 g/mol. The number of rotatable bonds is 7. The standard InChI is InChI=1S/C13H18N2O3/c16-9-8-15-12(17)6-7-14-13(18)10-11-4-2-1-3-5-11/h1-5,16H,6-10H2,(H,14,18)(H,15,17). The molecule has 5 heteroatoms. The van der Waals surface area contributed by atoms with Gasteiger partial charge in [0.2, 0.25) is 11.8 Å². The zero-order chi connectivity index (χ0) is 13.2. The van der Waals surface area contributed by atoms with Gasteiger partial charge in [0, 0.05) is 19.5 Å². The molecule has 1 aromatic rings. The van der Waals surface area contributed by atoms with Gasteiger partial charge < -0.3 is 15.7 Å². The van der Waals surface area contributed by atoms with Gasteiger partial charge in [-0.3, -0.25) is 9.59 Å². The minimum atomic E-state index is -0.177. The van der Waals surface area contributed by atoms with Gasteiger partial charge in [-0.25, -0.2) is 0 Å². The van der Waals surface area contributed by atoms with Crippen molar-refractivity contribution in [2.75, 3.05) is 19.7 Å². The van der Waals surface area contributed by atoms with E-state index in [9.17, 15) is 9.59 Å². The number of aliphatic hydroxyl groups is 1. The molecule has 0 aliphatic heterocycles. The Morgan fingerprint density at radius 2 is 1.67 bits per heavy atom. The van der Waals surface area contributed by atoms with Crippen LogP contribution in [0.3, 0.4) is 0 Å². The number of carbonyl (C=O) groups excluding carboxylic acids is 2. The van der Waals surface area contributed by atoms with Crippen molar-refractivity contribution in [2.24, 2.45) is 0 Å². The van der Waals surface area contributed by atoms with Gasteiger partial charge >= 0.3 is 0 Å². The highest BCUT2D eigenvalue weighted by Crippen LogP contribution is 1.98. The van der Waals surface area contributed by atoms with Crippen LogP contribution >= 0.6 is 0 Å². The molecule has 18 heavy (non-hydrogen) atoms. The fourth-order valence-electron chi connectivity index (χ4n) is 1.44. The predicted molar refractivity (Wildman–Crippen MR) is 67.9 cm³/mol. The molecule has 98 valence electrons. The van der Waals surface area contributed by atoms with Crippen molar-refractivity contribution in [3.8, 4) is 0 Å². The third kappa shape index (κ3) is 6.00. The molecule has 0 atom stereocenters. The van der Waals surface area contributed by atoms with E-state index >= 15 is 0 Å². The smallest absolute Gasteiger partial charge is 0.224 e. The van der Waals surface area contributed by atoms with Crippen molar-refractivity contribution in [1.82, 2.24) is 10.6 Å². The van der Waals surface area contributed by atoms with Crippen molar-refractivity contribution in [3.63, 3.8) is 0 Å². The molecule has 2 amide bonds. The summed E-state index contributed by atoms with van der Waals surface area (Å²) in [6.45, 7) is 0.478. The molecule has 0 aliphatic carbocycles. The van der Waals surface area contributed by atoms with Crippen molar-refractivity contribution >= 4 is 11.8 Å². The molecule has 5 nitrogen and oxygen atoms in total. The van der Waals surface area contributed by atoms with Gasteiger partial charge in [0.25, 0.3) is 0 Å². The van der Waals surface area contributed by atoms with Crippen molar-refractivity contribution in [3.05, 3.63) is 35.9 Å². The van der Waals surface area contributed by atoms with E-state index in [0.717, 1.165) is 5.56 Å². The normalized spacial score (nSPS) is 9.83. The fourth-order valence-corrected chi connectivity index (χ4v) is 1.44. The molecular formula is C13H18N2O3. The fraction of sp³-hybridized carbons (Fsp3) is 0.385. The van der Waals surface area contributed by atoms with Crippen LogP contribution in [-0.4, -0.2) is 36.6 Å². The number of carbonyl (C=O) groups is 2. The Labute approximate surface area is 106 Å². The van der Waals surface area contributed by atoms with E-state index in [-0.39, 0.29) is 31.4 Å². The first-order chi connectivity index (χ1) is 8.72. The zero-order valence-electron chi connectivity index (χ0n) is 10.2. The lowest BCUT2D eigenvalue weighted by Crippen LogP contribution is -2.32. The number of aliphatic hydroxyl groups excluding tert-OH is 1. The van der Waals surface area contributed by atoms with E-state index in [1.165, 1.54) is 0 Å². The average molecular weight is 250 g/mol. The maximum atomic E-state index is 11.5. The highest BCUT2D eigenvalue weighted by molar-refractivity contribution is 5.80. The summed E-state index contributed by atoms with van der Waals surface area (Å²) < 4.78 is 0. The molecule has 0 saturated heterocycles. The summed E-state index contributed by atoms with van der Waals surface area (Å²) in [7, 11) is 0. The Kier molecular flexibility index (Phi) is 6.50. The Hall–Kier alpha value is -1.88. The van der Waals surface area contributed by atoms with Gasteiger partial charge in [-0.2, -0.15) is 0 Å². The summed E-state index contributed by atoms with van der Waals surface area (Å²) in [4.78, 5) is 22.7. The first-order valence-electron chi connectivity index (χ1n) is 5.90. The second-order valence-electron chi connectivity index (χ2n) is 3.84. The number of hydrogen-bond donors (Lipinski definition) is 3. The Morgan fingerprint density at radius 3 is 2.33 bits per heavy atom. The maximum absolute atomic E-state index is 11.5. The van der Waals surface area contributed by atoms with Crippen LogP contribution in [0.1, 0.15) is 12.0 Å². The van der Waals surface area contributed by atoms with E-state index in [4.69, 9.17) is 5.11 Å². The monoisotopic (exact) mass is 250 g/mol. The summed E-state index contributed by atoms with van der Waals surface area (Å²) in [5, 5.41) is 13.7. The van der Waals surface area contributed by atoms with Gasteiger partial charge in [0.15, 0.2) is 0 Å². The van der Waals surface area contributed by atoms with E-state index in [0.29, 0.717) is 13.0 Å². The van der Waals surface area contributed by atoms with Crippen molar-refractivity contribution < 1.29 is 14.7 Å². The number of hydrogen-bond acceptors (Lipinski definition) is 3. The zero-order valence-corrected chi connectivity index (χ0v) is 10.2. The summed E-state index contributed by atoms with van der Waals surface area (Å²) >= 11 is 0. The topological polar surface area (TPSA) is 78.4 Å². The van der Waals surface area contributed by atoms with Crippen LogP contribution in [-0.2, 0) is 16.0 Å². The summed E-state index contributed by atoms with van der Waals surface area (Å²) in [5.74, 6) is -0.278. The van der Waals surface area contributed by atoms with Crippen LogP contribution in [0.2, 0.25) is 0 Å². The molecule has 0 aromatic heterocycles. The number of nitrogens with one attached hydrogen (secondary N) is 2. The third-order valence-electron chi connectivity index (χ3n) is 2.32. The highest BCUT2D eigenvalue weighted by atomic mass is 16.3. The van der Waals surface area contributed by atoms with E-state index in [1.807, 2.05) is 30.3 Å². The van der Waals surface area contributed by atoms with Gasteiger partial charge in [0.1, 0.15) is 0 Å². The molecule has 3 N–H and O–H groups in total. The molecule has 0 bridgehead atoms. The van der Waals surface area contributed by atoms with Gasteiger partial charge in [-0.15, -0.1) is 0 Å². The SMILES string of the molecule is O=C(CCNC(=O)Cc1ccccc1)NCCO. The Bertz CT molecular complexity index is 379. The number of amides is 2. The highest BCUT2D eigenvalue weighted by Gasteiger charge is 2.04. The van der Waals surface area contributed by atoms with Crippen LogP contribution in [0.4, 0.5) is 0 Å². The molecule has 0 radical (unpaired) electrons. The minimum Gasteiger partial charge on any atom is -0.395 e. The summed E-state index contributed by atoms with van der Waals surface area (Å²) in [5.41, 5.74) is 0.944. The Balaban J connectivity index is 2.16. The van der Waals surface area contributed by atoms with E-state index in [2.05, 4.69) is 10.6 Å². The first-order valence-corrected chi connectivity index (χ1v) is 5.90. The molecule has 1 aromatic carbocycles. The maximum Gasteiger partial charge on any atom is 0.224 e. The lowest BCUT2D eigenvalue weighted by Gasteiger charge is -2.05. The number of benzene rings is 1. The summed E-state index contributed by atoms with van der Waals surface area (Å²) in [6.07, 6.45) is 0.541. The molecule has 0 aliphatic rings. The molecule has 0 unspecified atom stereocenters. The van der Waals surface area contributed by atoms with Crippen molar-refractivity contribution in [2.45, 2.75) is 12.8 Å². The molecule has 0 spiro atoms. The third-order valence-corrected chi connectivity index (χ3v) is 2.32. The van der Waals surface area contributed by atoms with Gasteiger partial charge in [-0.05, 0) is 5.56 Å². The van der Waals surface area contributed by atoms with Crippen LogP contribution in [0.5, 0.6) is 0 Å². The molecule has 0 heterocycles. The van der Waals surface area contributed by atoms with E-state index in [1.54, 1.807) is 0 Å². The second-order valence-corrected chi connectivity index (χ2v) is 3.84. The minimum absolute atomic E-state index is 0.0773. The van der Waals surface area contributed by atoms with Crippen LogP contribution in [0.25, 0.3) is 0 Å². The summed E-state index contributed by atoms with van der Waals surface area (Å²) in [6, 6.07) is 9.42. The lowest BCUT2D eigenvalue weighted by atomic mass is 10.1. The Morgan fingerprint density at radius 1 is 1.00 bits per heavy atom. The molecule has 0 saturated carbocycles. The van der Waals surface area contributed by atoms with Gasteiger partial charge in [0.05, 0.1) is 13.0 Å². The van der Waals surface area contributed by atoms with Gasteiger partial charge in [-0.1, -0.05) is 30.3 Å². The van der Waals surface area contributed by atoms with E-state index < -0.39 is 0 Å². The largest absolute Gasteiger partial charge is 0.395 e. The molecule has 0 fully saturated rings. The van der Waals surface area contributed by atoms with Crippen molar-refractivity contribution in [1.29, 1.82) is 0 Å². The van der Waals surface area contributed by atoms with Crippen LogP contribution < -0.4 is 10.6 Å². The lowest BCUT2D eigenvalue weighted by molar-refractivity contribution is -0.122. The predicted octanol–water partition coefficient (Wildman–Crippen LogP) is -0.156. The quantitative estimate of drug-likeness (QED) is 0.629. The second kappa shape index (κ2) is 8.25. The molecule has 1 rings (SSSR count).